The third-order valence-corrected chi connectivity index (χ3v) is 9.89. The molecule has 1 aromatic rings. The molecule has 38 heavy (non-hydrogen) atoms. The van der Waals surface area contributed by atoms with Gasteiger partial charge in [0.25, 0.3) is 0 Å². The van der Waals surface area contributed by atoms with E-state index in [9.17, 15) is 35.9 Å². The molecule has 2 atom stereocenters. The van der Waals surface area contributed by atoms with Gasteiger partial charge in [-0.15, -0.1) is 11.8 Å². The molecule has 2 aliphatic rings. The molecule has 1 fully saturated rings. The van der Waals surface area contributed by atoms with Crippen molar-refractivity contribution in [3.05, 3.63) is 12.1 Å². The molecule has 1 N–H and O–H groups in total. The minimum absolute atomic E-state index is 0.0275. The number of halogens is 5. The van der Waals surface area contributed by atoms with Crippen LogP contribution in [0.4, 0.5) is 27.6 Å². The molecule has 1 saturated carbocycles. The van der Waals surface area contributed by atoms with Gasteiger partial charge in [0.05, 0.1) is 20.9 Å². The van der Waals surface area contributed by atoms with Crippen LogP contribution >= 0.6 is 11.8 Å². The van der Waals surface area contributed by atoms with Crippen LogP contribution in [0.5, 0.6) is 5.75 Å². The summed E-state index contributed by atoms with van der Waals surface area (Å²) < 4.78 is 104. The van der Waals surface area contributed by atoms with Crippen molar-refractivity contribution in [3.8, 4) is 5.75 Å². The van der Waals surface area contributed by atoms with Gasteiger partial charge in [0.1, 0.15) is 12.4 Å². The van der Waals surface area contributed by atoms with Crippen LogP contribution in [0.25, 0.3) is 0 Å². The van der Waals surface area contributed by atoms with Crippen LogP contribution in [0, 0.1) is 11.3 Å². The SMILES string of the molecule is CSc1cc2c(cc1OCC(C)(C)C(=O)O)S(=O)(=O)[C@H](F)[C@H](CCC(C)(F)F)CN2C1CCC(F)(F)CC1. The van der Waals surface area contributed by atoms with E-state index < -0.39 is 81.1 Å². The number of nitrogens with zero attached hydrogens (tertiary/aromatic N) is 1. The highest BCUT2D eigenvalue weighted by molar-refractivity contribution is 7.98. The normalized spacial score (nSPS) is 24.0. The van der Waals surface area contributed by atoms with Gasteiger partial charge in [-0.05, 0) is 52.4 Å². The Morgan fingerprint density at radius 1 is 1.21 bits per heavy atom. The highest BCUT2D eigenvalue weighted by atomic mass is 32.2. The summed E-state index contributed by atoms with van der Waals surface area (Å²) in [7, 11) is -4.69. The lowest BCUT2D eigenvalue weighted by Crippen LogP contribution is -2.44. The van der Waals surface area contributed by atoms with Crippen molar-refractivity contribution in [3.63, 3.8) is 0 Å². The second-order valence-electron chi connectivity index (χ2n) is 11.0. The maximum atomic E-state index is 15.7. The second kappa shape index (κ2) is 11.0. The molecule has 1 aliphatic carbocycles. The number of anilines is 1. The van der Waals surface area contributed by atoms with E-state index in [0.29, 0.717) is 11.8 Å². The Hall–Kier alpha value is -1.76. The number of carbonyl (C=O) groups is 1. The maximum absolute atomic E-state index is 15.7. The van der Waals surface area contributed by atoms with Crippen molar-refractivity contribution in [2.45, 2.75) is 92.5 Å². The largest absolute Gasteiger partial charge is 0.491 e. The predicted octanol–water partition coefficient (Wildman–Crippen LogP) is 6.42. The molecule has 1 aromatic carbocycles. The number of carboxylic acid groups (broad SMARTS) is 1. The molecule has 0 spiro atoms. The molecular weight excluding hydrogens is 553 g/mol. The summed E-state index contributed by atoms with van der Waals surface area (Å²) in [5.74, 6) is -8.40. The molecule has 216 valence electrons. The van der Waals surface area contributed by atoms with Gasteiger partial charge in [0.2, 0.25) is 27.2 Å². The number of thioether (sulfide) groups is 1. The van der Waals surface area contributed by atoms with E-state index in [2.05, 4.69) is 0 Å². The van der Waals surface area contributed by atoms with Crippen molar-refractivity contribution in [2.75, 3.05) is 24.3 Å². The Bertz CT molecular complexity index is 1130. The molecule has 0 bridgehead atoms. The lowest BCUT2D eigenvalue weighted by molar-refractivity contribution is -0.148. The van der Waals surface area contributed by atoms with Gasteiger partial charge in [-0.3, -0.25) is 4.79 Å². The van der Waals surface area contributed by atoms with Gasteiger partial charge >= 0.3 is 5.97 Å². The third-order valence-electron chi connectivity index (χ3n) is 7.21. The van der Waals surface area contributed by atoms with Gasteiger partial charge in [0.15, 0.2) is 0 Å². The Balaban J connectivity index is 2.11. The first-order chi connectivity index (χ1) is 17.4. The van der Waals surface area contributed by atoms with Crippen LogP contribution in [0.1, 0.15) is 59.3 Å². The van der Waals surface area contributed by atoms with E-state index in [1.54, 1.807) is 11.2 Å². The van der Waals surface area contributed by atoms with Gasteiger partial charge in [0, 0.05) is 43.8 Å². The van der Waals surface area contributed by atoms with E-state index in [1.807, 2.05) is 0 Å². The van der Waals surface area contributed by atoms with Crippen LogP contribution in [0.2, 0.25) is 0 Å². The average Bonchev–Trinajstić information content (AvgIpc) is 2.88. The predicted molar refractivity (Wildman–Crippen MR) is 135 cm³/mol. The van der Waals surface area contributed by atoms with E-state index in [1.165, 1.54) is 31.7 Å². The topological polar surface area (TPSA) is 83.9 Å². The molecule has 0 unspecified atom stereocenters. The number of carboxylic acids is 1. The highest BCUT2D eigenvalue weighted by Crippen LogP contribution is 2.46. The molecule has 13 heteroatoms. The first kappa shape index (κ1) is 30.8. The fraction of sp³-hybridized carbons (Fsp3) is 0.720. The van der Waals surface area contributed by atoms with Gasteiger partial charge in [-0.1, -0.05) is 0 Å². The van der Waals surface area contributed by atoms with Crippen LogP contribution in [0.3, 0.4) is 0 Å². The van der Waals surface area contributed by atoms with E-state index in [-0.39, 0.29) is 37.4 Å². The van der Waals surface area contributed by atoms with E-state index >= 15 is 4.39 Å². The standard InChI is InChI=1S/C25H34F5NO5S2/c1-23(2,22(32)33)14-36-18-12-20-17(11-19(18)37-4)31(16-6-9-25(29,30)10-7-16)13-15(5-8-24(3,27)28)21(26)38(20,34)35/h11-12,15-16,21H,5-10,13-14H2,1-4H3,(H,32,33)/t15-,21+/m1/s1. The molecule has 0 amide bonds. The number of sulfone groups is 1. The summed E-state index contributed by atoms with van der Waals surface area (Å²) in [5.41, 5.74) is -3.69. The minimum Gasteiger partial charge on any atom is -0.491 e. The molecular formula is C25H34F5NO5S2. The maximum Gasteiger partial charge on any atom is 0.312 e. The summed E-state index contributed by atoms with van der Waals surface area (Å²) in [6.07, 6.45) is -0.239. The summed E-state index contributed by atoms with van der Waals surface area (Å²) in [6.45, 7) is 3.01. The number of hydrogen-bond acceptors (Lipinski definition) is 6. The lowest BCUT2D eigenvalue weighted by atomic mass is 9.89. The Labute approximate surface area is 224 Å². The van der Waals surface area contributed by atoms with E-state index in [0.717, 1.165) is 6.07 Å². The average molecular weight is 588 g/mol. The van der Waals surface area contributed by atoms with Crippen LogP contribution in [-0.2, 0) is 14.6 Å². The third kappa shape index (κ3) is 6.86. The molecule has 0 saturated heterocycles. The first-order valence-electron chi connectivity index (χ1n) is 12.4. The number of benzene rings is 1. The number of ether oxygens (including phenoxy) is 1. The summed E-state index contributed by atoms with van der Waals surface area (Å²) in [5, 5.41) is 9.40. The smallest absolute Gasteiger partial charge is 0.312 e. The number of fused-ring (bicyclic) bond motifs is 1. The lowest BCUT2D eigenvalue weighted by Gasteiger charge is -2.39. The molecule has 3 rings (SSSR count). The molecule has 1 heterocycles. The fourth-order valence-electron chi connectivity index (χ4n) is 4.73. The Kier molecular flexibility index (Phi) is 8.92. The van der Waals surface area contributed by atoms with Gasteiger partial charge in [-0.25, -0.2) is 30.4 Å². The van der Waals surface area contributed by atoms with Crippen molar-refractivity contribution < 1.29 is 45.0 Å². The number of hydrogen-bond donors (Lipinski definition) is 1. The van der Waals surface area contributed by atoms with E-state index in [4.69, 9.17) is 4.74 Å². The molecule has 0 aromatic heterocycles. The van der Waals surface area contributed by atoms with Crippen molar-refractivity contribution in [1.82, 2.24) is 0 Å². The zero-order valence-electron chi connectivity index (χ0n) is 21.8. The van der Waals surface area contributed by atoms with Crippen molar-refractivity contribution in [2.24, 2.45) is 11.3 Å². The van der Waals surface area contributed by atoms with Gasteiger partial charge in [-0.2, -0.15) is 0 Å². The quantitative estimate of drug-likeness (QED) is 0.264. The Morgan fingerprint density at radius 2 is 1.82 bits per heavy atom. The molecule has 0 radical (unpaired) electrons. The monoisotopic (exact) mass is 587 g/mol. The summed E-state index contributed by atoms with van der Waals surface area (Å²) >= 11 is 1.19. The minimum atomic E-state index is -4.69. The number of rotatable bonds is 9. The molecule has 6 nitrogen and oxygen atoms in total. The van der Waals surface area contributed by atoms with Gasteiger partial charge < -0.3 is 14.7 Å². The first-order valence-corrected chi connectivity index (χ1v) is 15.1. The summed E-state index contributed by atoms with van der Waals surface area (Å²) in [4.78, 5) is 13.1. The second-order valence-corrected chi connectivity index (χ2v) is 13.8. The summed E-state index contributed by atoms with van der Waals surface area (Å²) in [6, 6.07) is 2.09. The zero-order valence-corrected chi connectivity index (χ0v) is 23.4. The van der Waals surface area contributed by atoms with Crippen LogP contribution < -0.4 is 9.64 Å². The molecule has 1 aliphatic heterocycles. The Morgan fingerprint density at radius 3 is 2.34 bits per heavy atom. The van der Waals surface area contributed by atoms with Crippen molar-refractivity contribution >= 4 is 33.3 Å². The highest BCUT2D eigenvalue weighted by Gasteiger charge is 2.46. The zero-order chi connectivity index (χ0) is 28.7. The van der Waals surface area contributed by atoms with Crippen LogP contribution in [-0.4, -0.2) is 62.3 Å². The number of aliphatic carboxylic acids is 1. The van der Waals surface area contributed by atoms with Crippen LogP contribution in [0.15, 0.2) is 21.9 Å². The number of alkyl halides is 5. The fourth-order valence-corrected chi connectivity index (χ4v) is 6.99. The van der Waals surface area contributed by atoms with Crippen molar-refractivity contribution in [1.29, 1.82) is 0 Å².